The Kier molecular flexibility index (Phi) is 7.40. The molecule has 1 aliphatic rings. The number of benzene rings is 1. The highest BCUT2D eigenvalue weighted by molar-refractivity contribution is 5.98. The van der Waals surface area contributed by atoms with E-state index in [4.69, 9.17) is 0 Å². The Balaban J connectivity index is 1.77. The maximum absolute atomic E-state index is 12.2. The normalized spacial score (nSPS) is 15.2. The second-order valence-electron chi connectivity index (χ2n) is 6.20. The van der Waals surface area contributed by atoms with Crippen molar-refractivity contribution >= 4 is 17.7 Å². The molecule has 0 aliphatic carbocycles. The molecule has 0 saturated carbocycles. The molecule has 0 bridgehead atoms. The molecule has 140 valence electrons. The standard InChI is InChI=1S/C18H23N3O5/c1-13(22)26-20-19-12-14-2-4-15(5-3-14)17(24)6-7-18(25)21-10-8-16(23)9-11-21/h2-5,16,23H,6-12H2,1H3. The summed E-state index contributed by atoms with van der Waals surface area (Å²) in [6, 6.07) is 6.85. The van der Waals surface area contributed by atoms with E-state index in [9.17, 15) is 19.5 Å². The summed E-state index contributed by atoms with van der Waals surface area (Å²) in [4.78, 5) is 40.9. The van der Waals surface area contributed by atoms with Crippen molar-refractivity contribution in [2.24, 2.45) is 10.4 Å². The third-order valence-electron chi connectivity index (χ3n) is 4.14. The molecule has 1 heterocycles. The summed E-state index contributed by atoms with van der Waals surface area (Å²) in [5.74, 6) is -0.679. The number of aliphatic hydroxyl groups excluding tert-OH is 1. The molecular formula is C18H23N3O5. The molecular weight excluding hydrogens is 338 g/mol. The summed E-state index contributed by atoms with van der Waals surface area (Å²) >= 11 is 0. The summed E-state index contributed by atoms with van der Waals surface area (Å²) in [6.07, 6.45) is 1.19. The fourth-order valence-electron chi connectivity index (χ4n) is 2.63. The average Bonchev–Trinajstić information content (AvgIpc) is 2.64. The summed E-state index contributed by atoms with van der Waals surface area (Å²) < 4.78 is 0. The van der Waals surface area contributed by atoms with Crippen LogP contribution in [0.3, 0.4) is 0 Å². The van der Waals surface area contributed by atoms with Crippen molar-refractivity contribution in [2.45, 2.75) is 45.3 Å². The zero-order valence-corrected chi connectivity index (χ0v) is 14.8. The van der Waals surface area contributed by atoms with Crippen molar-refractivity contribution in [3.05, 3.63) is 35.4 Å². The number of Topliss-reactive ketones (excluding diaryl/α,β-unsaturated/α-hetero) is 1. The van der Waals surface area contributed by atoms with Gasteiger partial charge < -0.3 is 14.8 Å². The van der Waals surface area contributed by atoms with Crippen LogP contribution in [0, 0.1) is 0 Å². The number of hydrogen-bond donors (Lipinski definition) is 1. The molecule has 8 heteroatoms. The molecule has 0 spiro atoms. The minimum absolute atomic E-state index is 0.0484. The van der Waals surface area contributed by atoms with E-state index in [1.807, 2.05) is 0 Å². The van der Waals surface area contributed by atoms with Crippen molar-refractivity contribution in [1.82, 2.24) is 4.90 Å². The number of hydrogen-bond acceptors (Lipinski definition) is 7. The molecule has 0 radical (unpaired) electrons. The first-order valence-corrected chi connectivity index (χ1v) is 8.58. The molecule has 1 saturated heterocycles. The lowest BCUT2D eigenvalue weighted by Crippen LogP contribution is -2.40. The molecule has 1 amide bonds. The highest BCUT2D eigenvalue weighted by Crippen LogP contribution is 2.14. The largest absolute Gasteiger partial charge is 0.393 e. The molecule has 1 aliphatic heterocycles. The van der Waals surface area contributed by atoms with E-state index in [0.717, 1.165) is 5.56 Å². The Labute approximate surface area is 151 Å². The van der Waals surface area contributed by atoms with Crippen LogP contribution in [-0.2, 0) is 21.0 Å². The van der Waals surface area contributed by atoms with Gasteiger partial charge in [-0.2, -0.15) is 0 Å². The van der Waals surface area contributed by atoms with E-state index in [0.29, 0.717) is 31.5 Å². The molecule has 8 nitrogen and oxygen atoms in total. The van der Waals surface area contributed by atoms with Crippen LogP contribution >= 0.6 is 0 Å². The molecule has 0 unspecified atom stereocenters. The third-order valence-corrected chi connectivity index (χ3v) is 4.14. The molecule has 1 N–H and O–H groups in total. The maximum atomic E-state index is 12.2. The maximum Gasteiger partial charge on any atom is 0.333 e. The zero-order valence-electron chi connectivity index (χ0n) is 14.8. The van der Waals surface area contributed by atoms with Crippen LogP contribution in [-0.4, -0.2) is 46.9 Å². The fourth-order valence-corrected chi connectivity index (χ4v) is 2.63. The number of carbonyl (C=O) groups is 3. The van der Waals surface area contributed by atoms with Crippen LogP contribution in [0.25, 0.3) is 0 Å². The first-order valence-electron chi connectivity index (χ1n) is 8.58. The molecule has 0 atom stereocenters. The first-order chi connectivity index (χ1) is 12.5. The number of ketones is 1. The third kappa shape index (κ3) is 6.36. The lowest BCUT2D eigenvalue weighted by atomic mass is 10.0. The Morgan fingerprint density at radius 1 is 1.15 bits per heavy atom. The van der Waals surface area contributed by atoms with Gasteiger partial charge in [-0.25, -0.2) is 4.79 Å². The van der Waals surface area contributed by atoms with Gasteiger partial charge in [-0.05, 0) is 18.4 Å². The van der Waals surface area contributed by atoms with E-state index in [2.05, 4.69) is 15.2 Å². The summed E-state index contributed by atoms with van der Waals surface area (Å²) in [7, 11) is 0. The van der Waals surface area contributed by atoms with Gasteiger partial charge in [0.2, 0.25) is 5.91 Å². The molecule has 0 aromatic heterocycles. The number of amides is 1. The van der Waals surface area contributed by atoms with Crippen molar-refractivity contribution in [3.8, 4) is 0 Å². The predicted octanol–water partition coefficient (Wildman–Crippen LogP) is 2.06. The number of nitrogens with zero attached hydrogens (tertiary/aromatic N) is 3. The van der Waals surface area contributed by atoms with Crippen LogP contribution in [0.1, 0.15) is 48.5 Å². The summed E-state index contributed by atoms with van der Waals surface area (Å²) in [6.45, 7) is 2.56. The number of rotatable bonds is 7. The van der Waals surface area contributed by atoms with Gasteiger partial charge >= 0.3 is 5.97 Å². The first kappa shape index (κ1) is 19.7. The second-order valence-corrected chi connectivity index (χ2v) is 6.20. The van der Waals surface area contributed by atoms with Crippen LogP contribution in [0.2, 0.25) is 0 Å². The molecule has 1 aromatic carbocycles. The SMILES string of the molecule is CC(=O)ON=NCc1ccc(C(=O)CCC(=O)N2CCC(O)CC2)cc1. The van der Waals surface area contributed by atoms with Gasteiger partial charge in [-0.3, -0.25) is 9.59 Å². The Bertz CT molecular complexity index is 664. The second kappa shape index (κ2) is 9.76. The zero-order chi connectivity index (χ0) is 18.9. The minimum atomic E-state index is -0.537. The highest BCUT2D eigenvalue weighted by Gasteiger charge is 2.21. The lowest BCUT2D eigenvalue weighted by molar-refractivity contribution is -0.142. The average molecular weight is 361 g/mol. The Hall–Kier alpha value is -2.61. The van der Waals surface area contributed by atoms with Crippen LogP contribution in [0.4, 0.5) is 0 Å². The van der Waals surface area contributed by atoms with Crippen molar-refractivity contribution in [1.29, 1.82) is 0 Å². The van der Waals surface area contributed by atoms with Gasteiger partial charge in [0, 0.05) is 43.7 Å². The summed E-state index contributed by atoms with van der Waals surface area (Å²) in [5.41, 5.74) is 1.35. The van der Waals surface area contributed by atoms with Gasteiger partial charge in [0.15, 0.2) is 5.78 Å². The number of piperidine rings is 1. The predicted molar refractivity (Wildman–Crippen MR) is 92.2 cm³/mol. The number of carbonyl (C=O) groups excluding carboxylic acids is 3. The van der Waals surface area contributed by atoms with Gasteiger partial charge in [0.25, 0.3) is 0 Å². The lowest BCUT2D eigenvalue weighted by Gasteiger charge is -2.29. The van der Waals surface area contributed by atoms with Crippen LogP contribution < -0.4 is 0 Å². The van der Waals surface area contributed by atoms with E-state index in [1.165, 1.54) is 6.92 Å². The Morgan fingerprint density at radius 2 is 1.81 bits per heavy atom. The molecule has 1 aromatic rings. The van der Waals surface area contributed by atoms with Crippen molar-refractivity contribution < 1.29 is 24.3 Å². The van der Waals surface area contributed by atoms with Crippen LogP contribution in [0.5, 0.6) is 0 Å². The van der Waals surface area contributed by atoms with E-state index in [-0.39, 0.29) is 37.2 Å². The topological polar surface area (TPSA) is 109 Å². The van der Waals surface area contributed by atoms with Crippen molar-refractivity contribution in [3.63, 3.8) is 0 Å². The fraction of sp³-hybridized carbons (Fsp3) is 0.500. The minimum Gasteiger partial charge on any atom is -0.393 e. The molecule has 2 rings (SSSR count). The van der Waals surface area contributed by atoms with E-state index >= 15 is 0 Å². The molecule has 26 heavy (non-hydrogen) atoms. The van der Waals surface area contributed by atoms with Gasteiger partial charge in [0.1, 0.15) is 0 Å². The highest BCUT2D eigenvalue weighted by atomic mass is 16.7. The Morgan fingerprint density at radius 3 is 2.42 bits per heavy atom. The number of likely N-dealkylation sites (tertiary alicyclic amines) is 1. The smallest absolute Gasteiger partial charge is 0.333 e. The summed E-state index contributed by atoms with van der Waals surface area (Å²) in [5, 5.41) is 16.4. The van der Waals surface area contributed by atoms with Gasteiger partial charge in [-0.1, -0.05) is 24.3 Å². The quantitative estimate of drug-likeness (QED) is 0.454. The van der Waals surface area contributed by atoms with Crippen molar-refractivity contribution in [2.75, 3.05) is 13.1 Å². The van der Waals surface area contributed by atoms with E-state index in [1.54, 1.807) is 29.2 Å². The van der Waals surface area contributed by atoms with E-state index < -0.39 is 5.97 Å². The molecule has 1 fully saturated rings. The number of aliphatic hydroxyl groups is 1. The van der Waals surface area contributed by atoms with Gasteiger partial charge in [0.05, 0.1) is 12.6 Å². The van der Waals surface area contributed by atoms with Crippen LogP contribution in [0.15, 0.2) is 34.7 Å². The van der Waals surface area contributed by atoms with Gasteiger partial charge in [-0.15, -0.1) is 5.11 Å². The monoisotopic (exact) mass is 361 g/mol.